The van der Waals surface area contributed by atoms with Gasteiger partial charge in [0.1, 0.15) is 0 Å². The van der Waals surface area contributed by atoms with Crippen LogP contribution in [0.2, 0.25) is 0 Å². The molecule has 0 spiro atoms. The molecule has 1 atom stereocenters. The molecule has 0 aliphatic heterocycles. The predicted octanol–water partition coefficient (Wildman–Crippen LogP) is 5.28. The van der Waals surface area contributed by atoms with Crippen LogP contribution < -0.4 is 14.9 Å². The number of benzene rings is 3. The number of nitrogens with zero attached hydrogens (tertiary/aromatic N) is 2. The van der Waals surface area contributed by atoms with Crippen molar-refractivity contribution in [2.45, 2.75) is 0 Å². The zero-order chi connectivity index (χ0) is 21.7. The van der Waals surface area contributed by atoms with Gasteiger partial charge in [0.05, 0.1) is 27.7 Å². The van der Waals surface area contributed by atoms with Crippen molar-refractivity contribution >= 4 is 61.7 Å². The molecule has 0 fully saturated rings. The van der Waals surface area contributed by atoms with Crippen LogP contribution in [0, 0.1) is 10.1 Å². The van der Waals surface area contributed by atoms with Gasteiger partial charge in [-0.15, -0.1) is 0 Å². The molecule has 0 aromatic heterocycles. The Morgan fingerprint density at radius 1 is 1.00 bits per heavy atom. The molecule has 3 aromatic rings. The summed E-state index contributed by atoms with van der Waals surface area (Å²) in [5.74, 6) is 0. The van der Waals surface area contributed by atoms with Crippen molar-refractivity contribution in [3.63, 3.8) is 0 Å². The molecule has 3 N–H and O–H groups in total. The van der Waals surface area contributed by atoms with Gasteiger partial charge in [-0.2, -0.15) is 0 Å². The molecule has 11 heteroatoms. The number of nitro benzene ring substituents is 1. The molecule has 0 heterocycles. The molecule has 3 aromatic carbocycles. The molecule has 154 valence electrons. The maximum atomic E-state index is 12.5. The van der Waals surface area contributed by atoms with Crippen LogP contribution in [0.25, 0.3) is 0 Å². The van der Waals surface area contributed by atoms with Crippen LogP contribution in [0.4, 0.5) is 33.2 Å². The third-order valence-corrected chi connectivity index (χ3v) is 5.34. The topological polar surface area (TPSA) is 125 Å². The van der Waals surface area contributed by atoms with Gasteiger partial charge in [-0.3, -0.25) is 14.7 Å². The van der Waals surface area contributed by atoms with Crippen LogP contribution >= 0.6 is 15.9 Å². The SMILES string of the molecule is O=C(Nc1ccccc1Br)Nc1ccccc1N(c1cccc([N+](=O)[O-])c1)S(=O)O. The highest BCUT2D eigenvalue weighted by molar-refractivity contribution is 9.10. The molecule has 30 heavy (non-hydrogen) atoms. The third kappa shape index (κ3) is 5.00. The van der Waals surface area contributed by atoms with Gasteiger partial charge in [-0.05, 0) is 46.3 Å². The van der Waals surface area contributed by atoms with Gasteiger partial charge in [-0.1, -0.05) is 30.3 Å². The summed E-state index contributed by atoms with van der Waals surface area (Å²) in [4.78, 5) is 22.9. The van der Waals surface area contributed by atoms with Crippen molar-refractivity contribution in [1.82, 2.24) is 0 Å². The lowest BCUT2D eigenvalue weighted by Crippen LogP contribution is -2.24. The Balaban J connectivity index is 1.93. The Morgan fingerprint density at radius 2 is 1.63 bits per heavy atom. The smallest absolute Gasteiger partial charge is 0.307 e. The second kappa shape index (κ2) is 9.48. The van der Waals surface area contributed by atoms with Crippen molar-refractivity contribution < 1.29 is 18.5 Å². The molecule has 1 unspecified atom stereocenters. The number of non-ortho nitro benzene ring substituents is 1. The molecule has 0 saturated heterocycles. The quantitative estimate of drug-likeness (QED) is 0.246. The summed E-state index contributed by atoms with van der Waals surface area (Å²) in [6, 6.07) is 18.1. The summed E-state index contributed by atoms with van der Waals surface area (Å²) in [5, 5.41) is 16.4. The molecule has 9 nitrogen and oxygen atoms in total. The number of hydrogen-bond acceptors (Lipinski definition) is 4. The second-order valence-corrected chi connectivity index (χ2v) is 7.56. The van der Waals surface area contributed by atoms with E-state index >= 15 is 0 Å². The van der Waals surface area contributed by atoms with Crippen LogP contribution in [0.15, 0.2) is 77.3 Å². The largest absolute Gasteiger partial charge is 0.323 e. The molecule has 0 saturated carbocycles. The Kier molecular flexibility index (Phi) is 6.77. The summed E-state index contributed by atoms with van der Waals surface area (Å²) in [7, 11) is 0. The fourth-order valence-corrected chi connectivity index (χ4v) is 3.65. The number of carbonyl (C=O) groups excluding carboxylic acids is 1. The normalized spacial score (nSPS) is 11.4. The predicted molar refractivity (Wildman–Crippen MR) is 119 cm³/mol. The Bertz CT molecular complexity index is 1130. The number of nitro groups is 1. The zero-order valence-electron chi connectivity index (χ0n) is 15.2. The Labute approximate surface area is 182 Å². The first-order valence-corrected chi connectivity index (χ1v) is 10.3. The number of carbonyl (C=O) groups is 1. The summed E-state index contributed by atoms with van der Waals surface area (Å²) < 4.78 is 23.6. The molecule has 0 aliphatic carbocycles. The average Bonchev–Trinajstić information content (AvgIpc) is 2.71. The Hall–Kier alpha value is -3.28. The number of urea groups is 1. The van der Waals surface area contributed by atoms with E-state index in [4.69, 9.17) is 0 Å². The first-order valence-electron chi connectivity index (χ1n) is 8.44. The van der Waals surface area contributed by atoms with Gasteiger partial charge in [0.15, 0.2) is 0 Å². The van der Waals surface area contributed by atoms with Gasteiger partial charge in [0, 0.05) is 16.6 Å². The van der Waals surface area contributed by atoms with Gasteiger partial charge in [0.25, 0.3) is 17.0 Å². The van der Waals surface area contributed by atoms with E-state index in [1.807, 2.05) is 0 Å². The molecule has 2 amide bonds. The minimum absolute atomic E-state index is 0.116. The average molecular weight is 491 g/mol. The van der Waals surface area contributed by atoms with Gasteiger partial charge >= 0.3 is 6.03 Å². The van der Waals surface area contributed by atoms with Crippen LogP contribution in [0.3, 0.4) is 0 Å². The van der Waals surface area contributed by atoms with Crippen molar-refractivity contribution in [1.29, 1.82) is 0 Å². The number of hydrogen-bond donors (Lipinski definition) is 3. The van der Waals surface area contributed by atoms with Crippen molar-refractivity contribution in [2.24, 2.45) is 0 Å². The molecule has 0 bridgehead atoms. The zero-order valence-corrected chi connectivity index (χ0v) is 17.6. The van der Waals surface area contributed by atoms with Gasteiger partial charge < -0.3 is 10.6 Å². The molecular weight excluding hydrogens is 476 g/mol. The van der Waals surface area contributed by atoms with E-state index in [2.05, 4.69) is 26.6 Å². The lowest BCUT2D eigenvalue weighted by molar-refractivity contribution is -0.384. The van der Waals surface area contributed by atoms with E-state index in [9.17, 15) is 23.7 Å². The van der Waals surface area contributed by atoms with E-state index in [1.54, 1.807) is 42.5 Å². The lowest BCUT2D eigenvalue weighted by Gasteiger charge is -2.23. The van der Waals surface area contributed by atoms with Crippen molar-refractivity contribution in [2.75, 3.05) is 14.9 Å². The number of nitrogens with one attached hydrogen (secondary N) is 2. The monoisotopic (exact) mass is 490 g/mol. The first-order chi connectivity index (χ1) is 14.4. The number of halogens is 1. The van der Waals surface area contributed by atoms with Crippen molar-refractivity contribution in [3.05, 3.63) is 87.4 Å². The lowest BCUT2D eigenvalue weighted by atomic mass is 10.2. The fourth-order valence-electron chi connectivity index (χ4n) is 2.64. The summed E-state index contributed by atoms with van der Waals surface area (Å²) in [6.45, 7) is 0. The number of para-hydroxylation sites is 3. The minimum Gasteiger partial charge on any atom is -0.307 e. The highest BCUT2D eigenvalue weighted by Crippen LogP contribution is 2.34. The highest BCUT2D eigenvalue weighted by Gasteiger charge is 2.21. The van der Waals surface area contributed by atoms with E-state index < -0.39 is 22.2 Å². The van der Waals surface area contributed by atoms with Crippen LogP contribution in [-0.2, 0) is 11.3 Å². The molecule has 3 rings (SSSR count). The standard InChI is InChI=1S/C19H15BrN4O5S/c20-15-8-1-2-9-16(15)21-19(25)22-17-10-3-4-11-18(17)23(30(28)29)13-6-5-7-14(12-13)24(26)27/h1-12H,(H,28,29)(H2,21,22,25). The molecule has 0 aliphatic rings. The van der Waals surface area contributed by atoms with E-state index in [-0.39, 0.29) is 22.7 Å². The second-order valence-electron chi connectivity index (χ2n) is 5.88. The summed E-state index contributed by atoms with van der Waals surface area (Å²) in [6.07, 6.45) is 0. The maximum absolute atomic E-state index is 12.5. The maximum Gasteiger partial charge on any atom is 0.323 e. The molecular formula is C19H15BrN4O5S. The number of anilines is 4. The fraction of sp³-hybridized carbons (Fsp3) is 0. The Morgan fingerprint density at radius 3 is 2.30 bits per heavy atom. The number of rotatable bonds is 6. The third-order valence-electron chi connectivity index (χ3n) is 3.92. The summed E-state index contributed by atoms with van der Waals surface area (Å²) in [5.41, 5.74) is 0.830. The van der Waals surface area contributed by atoms with Crippen molar-refractivity contribution in [3.8, 4) is 0 Å². The van der Waals surface area contributed by atoms with E-state index in [0.717, 1.165) is 4.31 Å². The van der Waals surface area contributed by atoms with Crippen LogP contribution in [0.1, 0.15) is 0 Å². The molecule has 0 radical (unpaired) electrons. The summed E-state index contributed by atoms with van der Waals surface area (Å²) >= 11 is 0.775. The van der Waals surface area contributed by atoms with Crippen LogP contribution in [-0.4, -0.2) is 19.7 Å². The van der Waals surface area contributed by atoms with E-state index in [0.29, 0.717) is 10.2 Å². The number of amides is 2. The highest BCUT2D eigenvalue weighted by atomic mass is 79.9. The first kappa shape index (κ1) is 21.4. The van der Waals surface area contributed by atoms with Crippen LogP contribution in [0.5, 0.6) is 0 Å². The van der Waals surface area contributed by atoms with E-state index in [1.165, 1.54) is 30.3 Å². The van der Waals surface area contributed by atoms with Gasteiger partial charge in [0.2, 0.25) is 0 Å². The van der Waals surface area contributed by atoms with Gasteiger partial charge in [-0.25, -0.2) is 13.3 Å². The minimum atomic E-state index is -2.56.